The lowest BCUT2D eigenvalue weighted by molar-refractivity contribution is 0.220. The highest BCUT2D eigenvalue weighted by molar-refractivity contribution is 6.31. The Morgan fingerprint density at radius 1 is 1.00 bits per heavy atom. The number of aliphatic hydroxyl groups excluding tert-OH is 1. The summed E-state index contributed by atoms with van der Waals surface area (Å²) in [5.74, 6) is -0.551. The zero-order chi connectivity index (χ0) is 12.4. The summed E-state index contributed by atoms with van der Waals surface area (Å²) in [6.45, 7) is 0. The van der Waals surface area contributed by atoms with Gasteiger partial charge in [0, 0.05) is 5.02 Å². The van der Waals surface area contributed by atoms with Crippen molar-refractivity contribution in [2.24, 2.45) is 0 Å². The molecule has 0 fully saturated rings. The van der Waals surface area contributed by atoms with E-state index in [1.165, 1.54) is 12.1 Å². The third-order valence-electron chi connectivity index (χ3n) is 2.42. The first-order chi connectivity index (χ1) is 8.08. The topological polar surface area (TPSA) is 20.2 Å². The zero-order valence-electron chi connectivity index (χ0n) is 8.70. The van der Waals surface area contributed by atoms with Gasteiger partial charge in [-0.1, -0.05) is 41.4 Å². The molecule has 17 heavy (non-hydrogen) atoms. The molecule has 1 atom stereocenters. The fourth-order valence-corrected chi connectivity index (χ4v) is 1.87. The first-order valence-electron chi connectivity index (χ1n) is 4.96. The summed E-state index contributed by atoms with van der Waals surface area (Å²) in [6.07, 6.45) is -0.916. The van der Waals surface area contributed by atoms with Crippen LogP contribution < -0.4 is 0 Å². The first-order valence-corrected chi connectivity index (χ1v) is 5.72. The molecular formula is C13H9Cl2FO. The molecule has 0 radical (unpaired) electrons. The van der Waals surface area contributed by atoms with Crippen LogP contribution in [-0.2, 0) is 0 Å². The molecule has 0 heterocycles. The van der Waals surface area contributed by atoms with Crippen molar-refractivity contribution in [2.45, 2.75) is 6.10 Å². The molecule has 0 aliphatic carbocycles. The monoisotopic (exact) mass is 270 g/mol. The molecule has 0 saturated carbocycles. The third kappa shape index (κ3) is 2.78. The van der Waals surface area contributed by atoms with Gasteiger partial charge in [0.05, 0.1) is 5.02 Å². The van der Waals surface area contributed by atoms with Crippen LogP contribution in [0.1, 0.15) is 17.2 Å². The lowest BCUT2D eigenvalue weighted by atomic mass is 10.0. The van der Waals surface area contributed by atoms with Gasteiger partial charge in [0.15, 0.2) is 0 Å². The second-order valence-electron chi connectivity index (χ2n) is 3.63. The fourth-order valence-electron chi connectivity index (χ4n) is 1.55. The molecule has 1 nitrogen and oxygen atoms in total. The summed E-state index contributed by atoms with van der Waals surface area (Å²) in [5, 5.41) is 10.6. The van der Waals surface area contributed by atoms with Gasteiger partial charge in [-0.05, 0) is 35.4 Å². The van der Waals surface area contributed by atoms with Crippen LogP contribution in [0, 0.1) is 5.82 Å². The quantitative estimate of drug-likeness (QED) is 0.867. The van der Waals surface area contributed by atoms with Crippen molar-refractivity contribution < 1.29 is 9.50 Å². The van der Waals surface area contributed by atoms with Gasteiger partial charge in [0.1, 0.15) is 11.9 Å². The highest BCUT2D eigenvalue weighted by Gasteiger charge is 2.12. The van der Waals surface area contributed by atoms with Crippen molar-refractivity contribution in [2.75, 3.05) is 0 Å². The Kier molecular flexibility index (Phi) is 3.67. The van der Waals surface area contributed by atoms with Gasteiger partial charge in [0.2, 0.25) is 0 Å². The van der Waals surface area contributed by atoms with E-state index in [9.17, 15) is 9.50 Å². The lowest BCUT2D eigenvalue weighted by Gasteiger charge is -2.12. The number of benzene rings is 2. The van der Waals surface area contributed by atoms with Crippen LogP contribution >= 0.6 is 23.2 Å². The third-order valence-corrected chi connectivity index (χ3v) is 2.97. The van der Waals surface area contributed by atoms with Crippen molar-refractivity contribution >= 4 is 23.2 Å². The summed E-state index contributed by atoms with van der Waals surface area (Å²) in [7, 11) is 0. The molecule has 2 rings (SSSR count). The van der Waals surface area contributed by atoms with E-state index in [0.717, 1.165) is 0 Å². The number of hydrogen-bond acceptors (Lipinski definition) is 1. The first kappa shape index (κ1) is 12.4. The lowest BCUT2D eigenvalue weighted by Crippen LogP contribution is -2.00. The molecule has 0 aromatic heterocycles. The van der Waals surface area contributed by atoms with Crippen molar-refractivity contribution in [3.05, 3.63) is 69.5 Å². The Morgan fingerprint density at radius 2 is 1.71 bits per heavy atom. The Morgan fingerprint density at radius 3 is 2.35 bits per heavy atom. The summed E-state index contributed by atoms with van der Waals surface area (Å²) in [4.78, 5) is 0. The molecule has 0 bridgehead atoms. The van der Waals surface area contributed by atoms with E-state index in [1.54, 1.807) is 30.3 Å². The van der Waals surface area contributed by atoms with Crippen LogP contribution in [0.4, 0.5) is 4.39 Å². The highest BCUT2D eigenvalue weighted by Crippen LogP contribution is 2.26. The van der Waals surface area contributed by atoms with Crippen LogP contribution in [0.2, 0.25) is 10.0 Å². The molecule has 1 N–H and O–H groups in total. The highest BCUT2D eigenvalue weighted by atomic mass is 35.5. The number of aliphatic hydroxyl groups is 1. The normalized spacial score (nSPS) is 12.5. The van der Waals surface area contributed by atoms with E-state index < -0.39 is 11.9 Å². The molecule has 0 spiro atoms. The predicted octanol–water partition coefficient (Wildman–Crippen LogP) is 4.21. The molecule has 0 unspecified atom stereocenters. The van der Waals surface area contributed by atoms with E-state index in [4.69, 9.17) is 23.2 Å². The van der Waals surface area contributed by atoms with E-state index >= 15 is 0 Å². The standard InChI is InChI=1S/C13H9Cl2FO/c14-10-3-1-2-8(6-10)13(17)9-4-5-11(15)12(16)7-9/h1-7,13,17H/t13-/m1/s1. The average Bonchev–Trinajstić information content (AvgIpc) is 2.32. The van der Waals surface area contributed by atoms with E-state index in [1.807, 2.05) is 0 Å². The maximum absolute atomic E-state index is 13.3. The molecule has 2 aromatic carbocycles. The number of halogens is 3. The van der Waals surface area contributed by atoms with Gasteiger partial charge in [0.25, 0.3) is 0 Å². The minimum absolute atomic E-state index is 0.0343. The summed E-state index contributed by atoms with van der Waals surface area (Å²) < 4.78 is 13.3. The van der Waals surface area contributed by atoms with E-state index in [0.29, 0.717) is 16.1 Å². The molecule has 0 amide bonds. The molecule has 88 valence electrons. The fraction of sp³-hybridized carbons (Fsp3) is 0.0769. The maximum atomic E-state index is 13.3. The van der Waals surface area contributed by atoms with Crippen LogP contribution in [0.5, 0.6) is 0 Å². The molecule has 4 heteroatoms. The van der Waals surface area contributed by atoms with Crippen LogP contribution in [0.15, 0.2) is 42.5 Å². The summed E-state index contributed by atoms with van der Waals surface area (Å²) in [6, 6.07) is 11.0. The van der Waals surface area contributed by atoms with Crippen LogP contribution in [0.3, 0.4) is 0 Å². The zero-order valence-corrected chi connectivity index (χ0v) is 10.2. The SMILES string of the molecule is O[C@H](c1cccc(Cl)c1)c1ccc(Cl)c(F)c1. The van der Waals surface area contributed by atoms with Gasteiger partial charge < -0.3 is 5.11 Å². The van der Waals surface area contributed by atoms with Crippen molar-refractivity contribution in [1.82, 2.24) is 0 Å². The minimum atomic E-state index is -0.916. The van der Waals surface area contributed by atoms with Gasteiger partial charge in [-0.2, -0.15) is 0 Å². The van der Waals surface area contributed by atoms with Crippen molar-refractivity contribution in [3.63, 3.8) is 0 Å². The van der Waals surface area contributed by atoms with Gasteiger partial charge in [-0.15, -0.1) is 0 Å². The van der Waals surface area contributed by atoms with Gasteiger partial charge in [-0.3, -0.25) is 0 Å². The largest absolute Gasteiger partial charge is 0.384 e. The second kappa shape index (κ2) is 5.05. The smallest absolute Gasteiger partial charge is 0.142 e. The predicted molar refractivity (Wildman–Crippen MR) is 66.9 cm³/mol. The summed E-state index contributed by atoms with van der Waals surface area (Å²) in [5.41, 5.74) is 1.05. The van der Waals surface area contributed by atoms with Gasteiger partial charge in [-0.25, -0.2) is 4.39 Å². The molecule has 0 aliphatic heterocycles. The molecule has 2 aromatic rings. The van der Waals surface area contributed by atoms with Crippen LogP contribution in [0.25, 0.3) is 0 Å². The Balaban J connectivity index is 2.36. The maximum Gasteiger partial charge on any atom is 0.142 e. The Bertz CT molecular complexity index is 543. The van der Waals surface area contributed by atoms with Gasteiger partial charge >= 0.3 is 0 Å². The van der Waals surface area contributed by atoms with Crippen molar-refractivity contribution in [3.8, 4) is 0 Å². The van der Waals surface area contributed by atoms with E-state index in [2.05, 4.69) is 0 Å². The van der Waals surface area contributed by atoms with E-state index in [-0.39, 0.29) is 5.02 Å². The molecular weight excluding hydrogens is 262 g/mol. The Labute approximate surface area is 108 Å². The molecule has 0 aliphatic rings. The Hall–Kier alpha value is -1.09. The average molecular weight is 271 g/mol. The molecule has 0 saturated heterocycles. The van der Waals surface area contributed by atoms with Crippen molar-refractivity contribution in [1.29, 1.82) is 0 Å². The summed E-state index contributed by atoms with van der Waals surface area (Å²) >= 11 is 11.4. The number of rotatable bonds is 2. The van der Waals surface area contributed by atoms with Crippen LogP contribution in [-0.4, -0.2) is 5.11 Å². The second-order valence-corrected chi connectivity index (χ2v) is 4.47. The minimum Gasteiger partial charge on any atom is -0.384 e. The number of hydrogen-bond donors (Lipinski definition) is 1.